The van der Waals surface area contributed by atoms with Crippen molar-refractivity contribution in [1.82, 2.24) is 20.0 Å². The van der Waals surface area contributed by atoms with Crippen LogP contribution in [0.1, 0.15) is 25.7 Å². The zero-order valence-corrected chi connectivity index (χ0v) is 14.8. The van der Waals surface area contributed by atoms with E-state index in [4.69, 9.17) is 4.74 Å². The first kappa shape index (κ1) is 17.7. The lowest BCUT2D eigenvalue weighted by Gasteiger charge is -2.34. The Bertz CT molecular complexity index is 641. The fourth-order valence-corrected chi connectivity index (χ4v) is 3.31. The number of carbonyl (C=O) groups is 1. The maximum Gasteiger partial charge on any atom is 0.317 e. The number of ether oxygens (including phenoxy) is 1. The van der Waals surface area contributed by atoms with E-state index in [9.17, 15) is 9.59 Å². The van der Waals surface area contributed by atoms with Crippen LogP contribution in [0.15, 0.2) is 17.1 Å². The van der Waals surface area contributed by atoms with Crippen molar-refractivity contribution in [2.24, 2.45) is 7.05 Å². The minimum absolute atomic E-state index is 0.0307. The summed E-state index contributed by atoms with van der Waals surface area (Å²) in [6, 6.07) is 1.64. The molecule has 3 heterocycles. The van der Waals surface area contributed by atoms with Crippen molar-refractivity contribution in [3.05, 3.63) is 22.6 Å². The second kappa shape index (κ2) is 8.33. The van der Waals surface area contributed by atoms with Gasteiger partial charge in [-0.05, 0) is 25.7 Å². The Kier molecular flexibility index (Phi) is 5.91. The lowest BCUT2D eigenvalue weighted by molar-refractivity contribution is 0.0356. The first-order chi connectivity index (χ1) is 12.1. The molecule has 0 bridgehead atoms. The van der Waals surface area contributed by atoms with Crippen LogP contribution in [0.2, 0.25) is 0 Å². The molecule has 0 radical (unpaired) electrons. The third-order valence-electron chi connectivity index (χ3n) is 4.84. The molecule has 0 aromatic carbocycles. The number of urea groups is 1. The second-order valence-electron chi connectivity index (χ2n) is 6.68. The van der Waals surface area contributed by atoms with E-state index in [0.29, 0.717) is 19.7 Å². The molecule has 8 heteroatoms. The topological polar surface area (TPSA) is 79.7 Å². The van der Waals surface area contributed by atoms with E-state index in [1.165, 1.54) is 11.1 Å². The number of nitrogens with one attached hydrogen (secondary N) is 1. The van der Waals surface area contributed by atoms with Gasteiger partial charge in [0.2, 0.25) is 0 Å². The van der Waals surface area contributed by atoms with Crippen molar-refractivity contribution in [2.75, 3.05) is 44.2 Å². The summed E-state index contributed by atoms with van der Waals surface area (Å²) in [6.45, 7) is 4.37. The predicted molar refractivity (Wildman–Crippen MR) is 94.9 cm³/mol. The number of nitrogens with zero attached hydrogens (tertiary/aromatic N) is 4. The van der Waals surface area contributed by atoms with Gasteiger partial charge in [-0.25, -0.2) is 9.48 Å². The summed E-state index contributed by atoms with van der Waals surface area (Å²) in [6.07, 6.45) is 5.92. The van der Waals surface area contributed by atoms with Gasteiger partial charge in [0.15, 0.2) is 0 Å². The van der Waals surface area contributed by atoms with Crippen LogP contribution in [-0.2, 0) is 11.8 Å². The number of anilines is 1. The quantitative estimate of drug-likeness (QED) is 0.860. The van der Waals surface area contributed by atoms with Gasteiger partial charge in [-0.3, -0.25) is 4.79 Å². The molecule has 0 saturated carbocycles. The van der Waals surface area contributed by atoms with Crippen LogP contribution >= 0.6 is 0 Å². The summed E-state index contributed by atoms with van der Waals surface area (Å²) >= 11 is 0. The molecular weight excluding hydrogens is 322 g/mol. The molecule has 0 unspecified atom stereocenters. The maximum absolute atomic E-state index is 12.1. The number of morpholine rings is 1. The van der Waals surface area contributed by atoms with Gasteiger partial charge >= 0.3 is 6.03 Å². The molecule has 2 amide bonds. The molecule has 138 valence electrons. The van der Waals surface area contributed by atoms with Crippen LogP contribution in [-0.4, -0.2) is 66.1 Å². The first-order valence-electron chi connectivity index (χ1n) is 9.06. The minimum atomic E-state index is -0.116. The normalized spacial score (nSPS) is 21.2. The van der Waals surface area contributed by atoms with Crippen molar-refractivity contribution in [3.63, 3.8) is 0 Å². The third-order valence-corrected chi connectivity index (χ3v) is 4.84. The van der Waals surface area contributed by atoms with Gasteiger partial charge in [0.1, 0.15) is 0 Å². The van der Waals surface area contributed by atoms with Gasteiger partial charge in [0.05, 0.1) is 24.6 Å². The van der Waals surface area contributed by atoms with Crippen LogP contribution in [0.5, 0.6) is 0 Å². The van der Waals surface area contributed by atoms with Gasteiger partial charge < -0.3 is 19.9 Å². The van der Waals surface area contributed by atoms with Crippen molar-refractivity contribution >= 4 is 11.7 Å². The SMILES string of the molecule is Cn1ncc(N2CCO[C@@H](CCNC(=O)N3CCCCC3)C2)cc1=O. The Morgan fingerprint density at radius 3 is 2.88 bits per heavy atom. The number of piperidine rings is 1. The standard InChI is InChI=1S/C17H27N5O3/c1-20-16(23)11-14(12-19-20)22-9-10-25-15(13-22)5-6-18-17(24)21-7-3-2-4-8-21/h11-12,15H,2-10,13H2,1H3,(H,18,24)/t15-/m0/s1. The lowest BCUT2D eigenvalue weighted by Crippen LogP contribution is -2.46. The number of hydrogen-bond donors (Lipinski definition) is 1. The van der Waals surface area contributed by atoms with Gasteiger partial charge in [-0.15, -0.1) is 0 Å². The van der Waals surface area contributed by atoms with Crippen molar-refractivity contribution in [1.29, 1.82) is 0 Å². The van der Waals surface area contributed by atoms with E-state index >= 15 is 0 Å². The van der Waals surface area contributed by atoms with Crippen molar-refractivity contribution < 1.29 is 9.53 Å². The number of amides is 2. The van der Waals surface area contributed by atoms with Crippen LogP contribution in [0.4, 0.5) is 10.5 Å². The average Bonchev–Trinajstić information content (AvgIpc) is 2.65. The molecule has 0 spiro atoms. The molecule has 2 aliphatic rings. The van der Waals surface area contributed by atoms with Crippen LogP contribution in [0.3, 0.4) is 0 Å². The Balaban J connectivity index is 1.46. The summed E-state index contributed by atoms with van der Waals surface area (Å²) in [5.74, 6) is 0. The smallest absolute Gasteiger partial charge is 0.317 e. The molecule has 3 rings (SSSR count). The number of likely N-dealkylation sites (tertiary alicyclic amines) is 1. The van der Waals surface area contributed by atoms with E-state index in [2.05, 4.69) is 15.3 Å². The number of aromatic nitrogens is 2. The highest BCUT2D eigenvalue weighted by Crippen LogP contribution is 2.16. The molecule has 25 heavy (non-hydrogen) atoms. The molecular formula is C17H27N5O3. The van der Waals surface area contributed by atoms with E-state index in [0.717, 1.165) is 44.6 Å². The van der Waals surface area contributed by atoms with Gasteiger partial charge in [-0.2, -0.15) is 5.10 Å². The molecule has 0 aliphatic carbocycles. The first-order valence-corrected chi connectivity index (χ1v) is 9.06. The zero-order valence-electron chi connectivity index (χ0n) is 14.8. The molecule has 2 aliphatic heterocycles. The van der Waals surface area contributed by atoms with Crippen molar-refractivity contribution in [2.45, 2.75) is 31.8 Å². The van der Waals surface area contributed by atoms with Crippen LogP contribution in [0, 0.1) is 0 Å². The summed E-state index contributed by atoms with van der Waals surface area (Å²) in [4.78, 5) is 27.9. The van der Waals surface area contributed by atoms with Crippen LogP contribution in [0.25, 0.3) is 0 Å². The summed E-state index contributed by atoms with van der Waals surface area (Å²) < 4.78 is 7.12. The Morgan fingerprint density at radius 1 is 1.32 bits per heavy atom. The zero-order chi connectivity index (χ0) is 17.6. The Morgan fingerprint density at radius 2 is 2.12 bits per heavy atom. The summed E-state index contributed by atoms with van der Waals surface area (Å²) in [5.41, 5.74) is 0.711. The number of carbonyl (C=O) groups excluding carboxylic acids is 1. The minimum Gasteiger partial charge on any atom is -0.374 e. The molecule has 8 nitrogen and oxygen atoms in total. The van der Waals surface area contributed by atoms with E-state index in [-0.39, 0.29) is 17.7 Å². The third kappa shape index (κ3) is 4.72. The number of rotatable bonds is 4. The molecule has 1 N–H and O–H groups in total. The van der Waals surface area contributed by atoms with E-state index in [1.807, 2.05) is 4.90 Å². The highest BCUT2D eigenvalue weighted by Gasteiger charge is 2.22. The highest BCUT2D eigenvalue weighted by molar-refractivity contribution is 5.74. The van der Waals surface area contributed by atoms with Gasteiger partial charge in [0, 0.05) is 45.8 Å². The molecule has 1 atom stereocenters. The van der Waals surface area contributed by atoms with Gasteiger partial charge in [-0.1, -0.05) is 0 Å². The van der Waals surface area contributed by atoms with E-state index < -0.39 is 0 Å². The number of aryl methyl sites for hydroxylation is 1. The average molecular weight is 349 g/mol. The monoisotopic (exact) mass is 349 g/mol. The fourth-order valence-electron chi connectivity index (χ4n) is 3.31. The highest BCUT2D eigenvalue weighted by atomic mass is 16.5. The second-order valence-corrected chi connectivity index (χ2v) is 6.68. The van der Waals surface area contributed by atoms with Crippen LogP contribution < -0.4 is 15.8 Å². The molecule has 2 saturated heterocycles. The molecule has 2 fully saturated rings. The maximum atomic E-state index is 12.1. The van der Waals surface area contributed by atoms with E-state index in [1.54, 1.807) is 19.3 Å². The largest absolute Gasteiger partial charge is 0.374 e. The Labute approximate surface area is 147 Å². The predicted octanol–water partition coefficient (Wildman–Crippen LogP) is 0.571. The molecule has 1 aromatic heterocycles. The van der Waals surface area contributed by atoms with Crippen molar-refractivity contribution in [3.8, 4) is 0 Å². The fraction of sp³-hybridized carbons (Fsp3) is 0.706. The summed E-state index contributed by atoms with van der Waals surface area (Å²) in [7, 11) is 1.64. The molecule has 1 aromatic rings. The number of hydrogen-bond acceptors (Lipinski definition) is 5. The summed E-state index contributed by atoms with van der Waals surface area (Å²) in [5, 5.41) is 7.07. The Hall–Kier alpha value is -2.09. The lowest BCUT2D eigenvalue weighted by atomic mass is 10.1. The van der Waals surface area contributed by atoms with Gasteiger partial charge in [0.25, 0.3) is 5.56 Å².